The third-order valence-corrected chi connectivity index (χ3v) is 8.52. The van der Waals surface area contributed by atoms with Crippen molar-refractivity contribution in [1.29, 1.82) is 0 Å². The highest BCUT2D eigenvalue weighted by Gasteiger charge is 2.50. The monoisotopic (exact) mass is 828 g/mol. The van der Waals surface area contributed by atoms with Crippen molar-refractivity contribution in [1.82, 2.24) is 10.2 Å². The number of carbonyl (C=O) groups is 2. The second-order valence-corrected chi connectivity index (χ2v) is 12.7. The number of nitrogens with one attached hydrogen (secondary N) is 2. The molecule has 13 nitrogen and oxygen atoms in total. The summed E-state index contributed by atoms with van der Waals surface area (Å²) >= 11 is 0. The molecule has 3 aromatic carbocycles. The minimum Gasteiger partial charge on any atom is -0.492 e. The molecule has 1 aliphatic heterocycles. The summed E-state index contributed by atoms with van der Waals surface area (Å²) in [6.45, 7) is 6.18. The first-order valence-electron chi connectivity index (χ1n) is 17.1. The van der Waals surface area contributed by atoms with Crippen LogP contribution in [0, 0.1) is 10.1 Å². The molecule has 0 aliphatic carbocycles. The molecule has 0 saturated carbocycles. The SMILES string of the molecule is COC(=O)C1=C(C(F)(F)F)N(CCc2ccc(OCCNc3ccc(OCC(O)CNC(C)C)cc3)cc2)C(C)=C(C(=O)O)C1c1cccc([N+](=O)[O-])c1.Cl.Cl. The number of carbonyl (C=O) groups excluding carboxylic acids is 1. The highest BCUT2D eigenvalue weighted by Crippen LogP contribution is 2.47. The molecule has 18 heteroatoms. The van der Waals surface area contributed by atoms with Gasteiger partial charge in [-0.05, 0) is 60.9 Å². The second-order valence-electron chi connectivity index (χ2n) is 12.7. The highest BCUT2D eigenvalue weighted by molar-refractivity contribution is 5.99. The number of rotatable bonds is 18. The van der Waals surface area contributed by atoms with Crippen molar-refractivity contribution in [2.45, 2.75) is 51.4 Å². The van der Waals surface area contributed by atoms with E-state index in [2.05, 4.69) is 10.6 Å². The first kappa shape index (κ1) is 47.1. The van der Waals surface area contributed by atoms with Gasteiger partial charge >= 0.3 is 18.1 Å². The van der Waals surface area contributed by atoms with Gasteiger partial charge in [0.15, 0.2) is 0 Å². The van der Waals surface area contributed by atoms with Gasteiger partial charge in [-0.1, -0.05) is 38.1 Å². The third kappa shape index (κ3) is 12.5. The van der Waals surface area contributed by atoms with Crippen molar-refractivity contribution in [2.75, 3.05) is 45.3 Å². The van der Waals surface area contributed by atoms with E-state index in [9.17, 15) is 43.1 Å². The van der Waals surface area contributed by atoms with Gasteiger partial charge in [-0.15, -0.1) is 24.8 Å². The molecule has 3 aromatic rings. The zero-order valence-electron chi connectivity index (χ0n) is 31.0. The summed E-state index contributed by atoms with van der Waals surface area (Å²) in [6.07, 6.45) is -5.75. The number of esters is 1. The number of methoxy groups -OCH3 is 1. The molecule has 4 N–H and O–H groups in total. The number of carboxylic acid groups (broad SMARTS) is 1. The Bertz CT molecular complexity index is 1860. The maximum absolute atomic E-state index is 14.9. The van der Waals surface area contributed by atoms with Crippen LogP contribution in [0.5, 0.6) is 11.5 Å². The largest absolute Gasteiger partial charge is 0.492 e. The Hall–Kier alpha value is -5.03. The minimum absolute atomic E-state index is 0. The lowest BCUT2D eigenvalue weighted by Crippen LogP contribution is -2.41. The molecular formula is C38H45Cl2F3N4O9. The Morgan fingerprint density at radius 1 is 0.982 bits per heavy atom. The van der Waals surface area contributed by atoms with E-state index in [1.54, 1.807) is 36.4 Å². The van der Waals surface area contributed by atoms with Crippen molar-refractivity contribution in [3.8, 4) is 11.5 Å². The molecule has 1 heterocycles. The molecule has 0 bridgehead atoms. The van der Waals surface area contributed by atoms with E-state index in [-0.39, 0.29) is 61.7 Å². The maximum Gasteiger partial charge on any atom is 0.432 e. The summed E-state index contributed by atoms with van der Waals surface area (Å²) in [5.74, 6) is -3.68. The Labute approximate surface area is 334 Å². The number of aliphatic carboxylic acids is 1. The number of allylic oxidation sites excluding steroid dienone is 2. The number of hydrogen-bond donors (Lipinski definition) is 4. The van der Waals surface area contributed by atoms with Gasteiger partial charge in [0.25, 0.3) is 5.69 Å². The lowest BCUT2D eigenvalue weighted by Gasteiger charge is -2.39. The van der Waals surface area contributed by atoms with E-state index in [0.29, 0.717) is 36.8 Å². The van der Waals surface area contributed by atoms with Gasteiger partial charge < -0.3 is 40.0 Å². The van der Waals surface area contributed by atoms with Crippen molar-refractivity contribution in [3.63, 3.8) is 0 Å². The number of alkyl halides is 3. The van der Waals surface area contributed by atoms with E-state index in [1.807, 2.05) is 26.0 Å². The number of benzene rings is 3. The Morgan fingerprint density at radius 3 is 2.18 bits per heavy atom. The Balaban J connectivity index is 0.00000541. The lowest BCUT2D eigenvalue weighted by molar-refractivity contribution is -0.384. The van der Waals surface area contributed by atoms with Crippen molar-refractivity contribution in [3.05, 3.63) is 117 Å². The fourth-order valence-electron chi connectivity index (χ4n) is 5.94. The van der Waals surface area contributed by atoms with Crippen LogP contribution in [-0.2, 0) is 20.7 Å². The predicted molar refractivity (Wildman–Crippen MR) is 208 cm³/mol. The minimum atomic E-state index is -5.14. The first-order valence-corrected chi connectivity index (χ1v) is 17.1. The third-order valence-electron chi connectivity index (χ3n) is 8.52. The zero-order valence-corrected chi connectivity index (χ0v) is 32.6. The Kier molecular flexibility index (Phi) is 17.9. The summed E-state index contributed by atoms with van der Waals surface area (Å²) in [4.78, 5) is 37.1. The van der Waals surface area contributed by atoms with E-state index in [1.165, 1.54) is 19.1 Å². The predicted octanol–water partition coefficient (Wildman–Crippen LogP) is 6.66. The second kappa shape index (κ2) is 21.3. The summed E-state index contributed by atoms with van der Waals surface area (Å²) in [7, 11) is 0.874. The molecule has 0 radical (unpaired) electrons. The maximum atomic E-state index is 14.9. The first-order chi connectivity index (χ1) is 25.6. The number of nitro groups is 1. The van der Waals surface area contributed by atoms with Crippen molar-refractivity contribution in [2.24, 2.45) is 0 Å². The lowest BCUT2D eigenvalue weighted by atomic mass is 9.79. The normalized spacial score (nSPS) is 14.7. The number of nitrogens with zero attached hydrogens (tertiary/aromatic N) is 2. The van der Waals surface area contributed by atoms with Crippen LogP contribution < -0.4 is 20.1 Å². The molecule has 4 rings (SSSR count). The van der Waals surface area contributed by atoms with Gasteiger partial charge in [0.2, 0.25) is 0 Å². The average molecular weight is 830 g/mol. The van der Waals surface area contributed by atoms with Crippen LogP contribution in [0.4, 0.5) is 24.5 Å². The molecule has 0 fully saturated rings. The van der Waals surface area contributed by atoms with E-state index < -0.39 is 57.6 Å². The number of halogens is 5. The molecule has 1 aliphatic rings. The number of aliphatic hydroxyl groups excluding tert-OH is 1. The number of non-ortho nitro benzene ring substituents is 1. The highest BCUT2D eigenvalue weighted by atomic mass is 35.5. The number of aliphatic hydroxyl groups is 1. The molecule has 2 unspecified atom stereocenters. The standard InChI is InChI=1S/C38H43F3N4O9.2ClH/c1-23(2)43-21-29(46)22-54-31-14-10-27(11-15-31)42-17-19-53-30-12-8-25(9-13-30)16-18-44-24(3)32(36(47)48)33(26-6-5-7-28(20-26)45(50)51)34(37(49)52-4)35(44)38(39,40)41;;/h5-15,20,23,29,33,42-43,46H,16-19,21-22H2,1-4H3,(H,47,48);2*1H. The van der Waals surface area contributed by atoms with Crippen LogP contribution in [0.2, 0.25) is 0 Å². The molecule has 56 heavy (non-hydrogen) atoms. The fraction of sp³-hybridized carbons (Fsp3) is 0.368. The summed E-state index contributed by atoms with van der Waals surface area (Å²) in [5.41, 5.74) is -2.44. The van der Waals surface area contributed by atoms with Gasteiger partial charge in [-0.3, -0.25) is 10.1 Å². The number of carboxylic acids is 1. The van der Waals surface area contributed by atoms with E-state index >= 15 is 0 Å². The van der Waals surface area contributed by atoms with Gasteiger partial charge in [-0.2, -0.15) is 13.2 Å². The summed E-state index contributed by atoms with van der Waals surface area (Å²) in [5, 5.41) is 38.1. The number of ether oxygens (including phenoxy) is 3. The molecule has 2 atom stereocenters. The fourth-order valence-corrected chi connectivity index (χ4v) is 5.94. The molecule has 0 amide bonds. The van der Waals surface area contributed by atoms with Crippen LogP contribution in [0.25, 0.3) is 0 Å². The molecular weight excluding hydrogens is 784 g/mol. The van der Waals surface area contributed by atoms with Crippen LogP contribution in [0.3, 0.4) is 0 Å². The van der Waals surface area contributed by atoms with Gasteiger partial charge in [0, 0.05) is 49.2 Å². The summed E-state index contributed by atoms with van der Waals surface area (Å²) < 4.78 is 60.8. The molecule has 0 saturated heterocycles. The van der Waals surface area contributed by atoms with Crippen LogP contribution in [-0.4, -0.2) is 90.3 Å². The Morgan fingerprint density at radius 2 is 1.61 bits per heavy atom. The number of nitro benzene ring substituents is 1. The molecule has 0 spiro atoms. The molecule has 0 aromatic heterocycles. The number of anilines is 1. The van der Waals surface area contributed by atoms with E-state index in [0.717, 1.165) is 29.8 Å². The molecule has 306 valence electrons. The average Bonchev–Trinajstić information content (AvgIpc) is 3.13. The van der Waals surface area contributed by atoms with Gasteiger partial charge in [-0.25, -0.2) is 9.59 Å². The van der Waals surface area contributed by atoms with Crippen molar-refractivity contribution < 1.29 is 52.1 Å². The number of hydrogen-bond acceptors (Lipinski definition) is 11. The topological polar surface area (TPSA) is 173 Å². The van der Waals surface area contributed by atoms with Gasteiger partial charge in [0.1, 0.15) is 36.5 Å². The quantitative estimate of drug-likeness (QED) is 0.0466. The van der Waals surface area contributed by atoms with Crippen LogP contribution in [0.1, 0.15) is 37.8 Å². The summed E-state index contributed by atoms with van der Waals surface area (Å²) in [6, 6.07) is 18.7. The van der Waals surface area contributed by atoms with Gasteiger partial charge in [0.05, 0.1) is 29.1 Å². The smallest absolute Gasteiger partial charge is 0.432 e. The van der Waals surface area contributed by atoms with Crippen molar-refractivity contribution >= 4 is 48.1 Å². The zero-order chi connectivity index (χ0) is 39.6. The van der Waals surface area contributed by atoms with E-state index in [4.69, 9.17) is 14.2 Å². The van der Waals surface area contributed by atoms with Crippen LogP contribution in [0.15, 0.2) is 95.3 Å². The van der Waals surface area contributed by atoms with Crippen LogP contribution >= 0.6 is 24.8 Å².